The maximum absolute atomic E-state index is 11.3. The van der Waals surface area contributed by atoms with E-state index in [2.05, 4.69) is 0 Å². The summed E-state index contributed by atoms with van der Waals surface area (Å²) >= 11 is 0. The van der Waals surface area contributed by atoms with Crippen LogP contribution in [0.25, 0.3) is 11.0 Å². The number of fused-ring (bicyclic) bond motifs is 1. The van der Waals surface area contributed by atoms with Crippen molar-refractivity contribution in [1.29, 1.82) is 5.26 Å². The van der Waals surface area contributed by atoms with Crippen molar-refractivity contribution >= 4 is 16.8 Å². The highest BCUT2D eigenvalue weighted by atomic mass is 16.3. The predicted octanol–water partition coefficient (Wildman–Crippen LogP) is 2.53. The van der Waals surface area contributed by atoms with Crippen LogP contribution in [0.15, 0.2) is 34.9 Å². The smallest absolute Gasteiger partial charge is 0.177 e. The summed E-state index contributed by atoms with van der Waals surface area (Å²) < 4.78 is 5.15. The maximum atomic E-state index is 11.3. The molecule has 0 radical (unpaired) electrons. The molecule has 2 aromatic rings. The van der Waals surface area contributed by atoms with E-state index in [4.69, 9.17) is 9.68 Å². The minimum absolute atomic E-state index is 0.0911. The van der Waals surface area contributed by atoms with Crippen LogP contribution in [-0.4, -0.2) is 5.78 Å². The van der Waals surface area contributed by atoms with Gasteiger partial charge in [0, 0.05) is 10.9 Å². The molecule has 68 valence electrons. The number of ketones is 1. The molecule has 0 bridgehead atoms. The first kappa shape index (κ1) is 8.52. The average molecular weight is 185 g/mol. The van der Waals surface area contributed by atoms with Gasteiger partial charge in [0.15, 0.2) is 5.78 Å². The zero-order valence-corrected chi connectivity index (χ0v) is 7.36. The molecule has 0 aliphatic carbocycles. The number of rotatable bonds is 2. The van der Waals surface area contributed by atoms with Crippen molar-refractivity contribution in [2.45, 2.75) is 6.42 Å². The van der Waals surface area contributed by atoms with Gasteiger partial charge in [0.05, 0.1) is 18.8 Å². The van der Waals surface area contributed by atoms with E-state index in [1.807, 2.05) is 18.2 Å². The Hall–Kier alpha value is -2.08. The van der Waals surface area contributed by atoms with Gasteiger partial charge in [-0.2, -0.15) is 5.26 Å². The van der Waals surface area contributed by atoms with E-state index in [9.17, 15) is 4.79 Å². The number of Topliss-reactive ketones (excluding diaryl/α,β-unsaturated/α-hetero) is 1. The summed E-state index contributed by atoms with van der Waals surface area (Å²) in [5.41, 5.74) is 1.20. The molecule has 0 unspecified atom stereocenters. The molecule has 2 rings (SSSR count). The molecule has 0 aliphatic rings. The highest BCUT2D eigenvalue weighted by Crippen LogP contribution is 2.17. The third-order valence-corrected chi connectivity index (χ3v) is 2.02. The van der Waals surface area contributed by atoms with Crippen LogP contribution in [0.4, 0.5) is 0 Å². The summed E-state index contributed by atoms with van der Waals surface area (Å²) in [4.78, 5) is 11.3. The molecule has 1 heterocycles. The summed E-state index contributed by atoms with van der Waals surface area (Å²) in [6.07, 6.45) is 1.48. The summed E-state index contributed by atoms with van der Waals surface area (Å²) in [5, 5.41) is 9.33. The van der Waals surface area contributed by atoms with Crippen LogP contribution < -0.4 is 0 Å². The molecule has 0 N–H and O–H groups in total. The zero-order chi connectivity index (χ0) is 9.97. The molecule has 3 nitrogen and oxygen atoms in total. The van der Waals surface area contributed by atoms with Crippen LogP contribution in [-0.2, 0) is 0 Å². The lowest BCUT2D eigenvalue weighted by Crippen LogP contribution is -1.96. The molecule has 3 heteroatoms. The SMILES string of the molecule is N#CCC(=O)c1ccc2ccoc2c1. The van der Waals surface area contributed by atoms with Gasteiger partial charge < -0.3 is 4.42 Å². The number of hydrogen-bond donors (Lipinski definition) is 0. The fraction of sp³-hybridized carbons (Fsp3) is 0.0909. The van der Waals surface area contributed by atoms with Gasteiger partial charge in [-0.25, -0.2) is 0 Å². The average Bonchev–Trinajstić information content (AvgIpc) is 2.64. The summed E-state index contributed by atoms with van der Waals surface area (Å²) in [6.45, 7) is 0. The second-order valence-corrected chi connectivity index (χ2v) is 2.93. The number of benzene rings is 1. The fourth-order valence-electron chi connectivity index (χ4n) is 1.30. The van der Waals surface area contributed by atoms with Crippen molar-refractivity contribution in [2.75, 3.05) is 0 Å². The molecule has 1 aromatic heterocycles. The van der Waals surface area contributed by atoms with Crippen LogP contribution in [0.3, 0.4) is 0 Å². The first-order valence-corrected chi connectivity index (χ1v) is 4.18. The third kappa shape index (κ3) is 1.38. The van der Waals surface area contributed by atoms with Gasteiger partial charge in [0.1, 0.15) is 5.58 Å². The van der Waals surface area contributed by atoms with E-state index in [0.717, 1.165) is 5.39 Å². The van der Waals surface area contributed by atoms with Crippen molar-refractivity contribution in [1.82, 2.24) is 0 Å². The highest BCUT2D eigenvalue weighted by molar-refractivity contribution is 6.00. The van der Waals surface area contributed by atoms with Gasteiger partial charge in [0.25, 0.3) is 0 Å². The number of nitriles is 1. The molecule has 0 aliphatic heterocycles. The van der Waals surface area contributed by atoms with Crippen LogP contribution in [0.2, 0.25) is 0 Å². The minimum Gasteiger partial charge on any atom is -0.464 e. The van der Waals surface area contributed by atoms with Gasteiger partial charge in [-0.1, -0.05) is 12.1 Å². The van der Waals surface area contributed by atoms with Crippen molar-refractivity contribution in [3.63, 3.8) is 0 Å². The summed E-state index contributed by atoms with van der Waals surface area (Å²) in [6, 6.07) is 8.83. The van der Waals surface area contributed by atoms with Gasteiger partial charge >= 0.3 is 0 Å². The number of carbonyl (C=O) groups is 1. The molecule has 1 aromatic carbocycles. The summed E-state index contributed by atoms with van der Waals surface area (Å²) in [7, 11) is 0. The monoisotopic (exact) mass is 185 g/mol. The van der Waals surface area contributed by atoms with Crippen LogP contribution in [0.1, 0.15) is 16.8 Å². The molecule has 0 saturated carbocycles. The number of nitrogens with zero attached hydrogens (tertiary/aromatic N) is 1. The van der Waals surface area contributed by atoms with Crippen molar-refractivity contribution in [2.24, 2.45) is 0 Å². The van der Waals surface area contributed by atoms with E-state index in [1.165, 1.54) is 0 Å². The predicted molar refractivity (Wildman–Crippen MR) is 50.8 cm³/mol. The number of carbonyl (C=O) groups excluding carboxylic acids is 1. The lowest BCUT2D eigenvalue weighted by atomic mass is 10.1. The van der Waals surface area contributed by atoms with E-state index in [-0.39, 0.29) is 12.2 Å². The quantitative estimate of drug-likeness (QED) is 0.675. The third-order valence-electron chi connectivity index (χ3n) is 2.02. The second-order valence-electron chi connectivity index (χ2n) is 2.93. The Bertz CT molecular complexity index is 519. The first-order valence-electron chi connectivity index (χ1n) is 4.18. The Kier molecular flexibility index (Phi) is 2.04. The normalized spacial score (nSPS) is 9.93. The Balaban J connectivity index is 2.44. The lowest BCUT2D eigenvalue weighted by molar-refractivity contribution is 0.0998. The molecule has 0 saturated heterocycles. The molecule has 0 amide bonds. The lowest BCUT2D eigenvalue weighted by Gasteiger charge is -1.95. The Labute approximate surface area is 80.6 Å². The van der Waals surface area contributed by atoms with Crippen LogP contribution in [0.5, 0.6) is 0 Å². The number of hydrogen-bond acceptors (Lipinski definition) is 3. The van der Waals surface area contributed by atoms with Crippen LogP contribution in [0, 0.1) is 11.3 Å². The topological polar surface area (TPSA) is 54.0 Å². The second kappa shape index (κ2) is 3.35. The van der Waals surface area contributed by atoms with Gasteiger partial charge in [-0.3, -0.25) is 4.79 Å². The van der Waals surface area contributed by atoms with Crippen molar-refractivity contribution in [3.05, 3.63) is 36.1 Å². The molecule has 0 atom stereocenters. The van der Waals surface area contributed by atoms with E-state index in [1.54, 1.807) is 18.4 Å². The largest absolute Gasteiger partial charge is 0.464 e. The maximum Gasteiger partial charge on any atom is 0.177 e. The molecule has 0 fully saturated rings. The van der Waals surface area contributed by atoms with Crippen molar-refractivity contribution < 1.29 is 9.21 Å². The summed E-state index contributed by atoms with van der Waals surface area (Å²) in [5.74, 6) is -0.175. The fourth-order valence-corrected chi connectivity index (χ4v) is 1.30. The molecular formula is C11H7NO2. The Morgan fingerprint density at radius 1 is 1.43 bits per heavy atom. The van der Waals surface area contributed by atoms with Gasteiger partial charge in [0.2, 0.25) is 0 Å². The van der Waals surface area contributed by atoms with E-state index in [0.29, 0.717) is 11.1 Å². The highest BCUT2D eigenvalue weighted by Gasteiger charge is 2.06. The molecule has 14 heavy (non-hydrogen) atoms. The molecule has 0 spiro atoms. The van der Waals surface area contributed by atoms with Crippen LogP contribution >= 0.6 is 0 Å². The van der Waals surface area contributed by atoms with E-state index >= 15 is 0 Å². The Morgan fingerprint density at radius 3 is 3.07 bits per heavy atom. The van der Waals surface area contributed by atoms with Gasteiger partial charge in [-0.15, -0.1) is 0 Å². The standard InChI is InChI=1S/C11H7NO2/c12-5-3-10(13)9-2-1-8-4-6-14-11(8)7-9/h1-2,4,6-7H,3H2. The minimum atomic E-state index is -0.175. The number of furan rings is 1. The molecular weight excluding hydrogens is 178 g/mol. The first-order chi connectivity index (χ1) is 6.81. The van der Waals surface area contributed by atoms with E-state index < -0.39 is 0 Å². The Morgan fingerprint density at radius 2 is 2.29 bits per heavy atom. The van der Waals surface area contributed by atoms with Gasteiger partial charge in [-0.05, 0) is 12.1 Å². The zero-order valence-electron chi connectivity index (χ0n) is 7.36. The van der Waals surface area contributed by atoms with Crippen molar-refractivity contribution in [3.8, 4) is 6.07 Å².